The van der Waals surface area contributed by atoms with E-state index >= 15 is 0 Å². The molecular formula is C17H20N2O4. The highest BCUT2D eigenvalue weighted by molar-refractivity contribution is 5.94. The van der Waals surface area contributed by atoms with Crippen LogP contribution < -0.4 is 15.8 Å². The van der Waals surface area contributed by atoms with E-state index in [1.807, 2.05) is 0 Å². The van der Waals surface area contributed by atoms with E-state index in [0.717, 1.165) is 0 Å². The summed E-state index contributed by atoms with van der Waals surface area (Å²) in [6, 6.07) is 12.3. The van der Waals surface area contributed by atoms with Crippen molar-refractivity contribution in [3.8, 4) is 5.75 Å². The number of hydrogen-bond acceptors (Lipinski definition) is 5. The van der Waals surface area contributed by atoms with Crippen molar-refractivity contribution in [3.63, 3.8) is 0 Å². The van der Waals surface area contributed by atoms with Crippen LogP contribution in [0, 0.1) is 0 Å². The van der Waals surface area contributed by atoms with Gasteiger partial charge in [0.05, 0.1) is 19.8 Å². The average Bonchev–Trinajstić information content (AvgIpc) is 2.59. The number of carbonyl (C=O) groups excluding carboxylic acids is 1. The van der Waals surface area contributed by atoms with E-state index in [1.54, 1.807) is 55.6 Å². The molecule has 1 amide bonds. The van der Waals surface area contributed by atoms with Crippen molar-refractivity contribution in [2.24, 2.45) is 0 Å². The van der Waals surface area contributed by atoms with Crippen LogP contribution in [-0.2, 0) is 0 Å². The van der Waals surface area contributed by atoms with Crippen molar-refractivity contribution in [2.45, 2.75) is 12.1 Å². The molecule has 2 atom stereocenters. The van der Waals surface area contributed by atoms with Crippen molar-refractivity contribution < 1.29 is 19.7 Å². The van der Waals surface area contributed by atoms with Gasteiger partial charge < -0.3 is 26.0 Å². The minimum absolute atomic E-state index is 0.388. The highest BCUT2D eigenvalue weighted by Gasteiger charge is 2.22. The predicted molar refractivity (Wildman–Crippen MR) is 87.1 cm³/mol. The van der Waals surface area contributed by atoms with E-state index in [0.29, 0.717) is 22.6 Å². The average molecular weight is 316 g/mol. The molecule has 0 radical (unpaired) electrons. The number of nitrogen functional groups attached to an aromatic ring is 1. The Bertz CT molecular complexity index is 641. The Morgan fingerprint density at radius 1 is 1.17 bits per heavy atom. The van der Waals surface area contributed by atoms with Crippen LogP contribution in [0.1, 0.15) is 22.0 Å². The summed E-state index contributed by atoms with van der Waals surface area (Å²) in [5, 5.41) is 22.4. The summed E-state index contributed by atoms with van der Waals surface area (Å²) in [5.41, 5.74) is 7.15. The molecule has 0 heterocycles. The number of methoxy groups -OCH3 is 1. The van der Waals surface area contributed by atoms with Crippen molar-refractivity contribution in [1.29, 1.82) is 0 Å². The summed E-state index contributed by atoms with van der Waals surface area (Å²) >= 11 is 0. The lowest BCUT2D eigenvalue weighted by molar-refractivity contribution is 0.0703. The molecule has 0 saturated carbocycles. The van der Waals surface area contributed by atoms with Gasteiger partial charge in [0.25, 0.3) is 5.91 Å². The van der Waals surface area contributed by atoms with E-state index in [1.165, 1.54) is 0 Å². The van der Waals surface area contributed by atoms with Crippen LogP contribution in [-0.4, -0.2) is 35.9 Å². The van der Waals surface area contributed by atoms with Gasteiger partial charge in [-0.25, -0.2) is 0 Å². The second kappa shape index (κ2) is 7.62. The van der Waals surface area contributed by atoms with Crippen molar-refractivity contribution >= 4 is 11.6 Å². The molecule has 23 heavy (non-hydrogen) atoms. The molecule has 0 fully saturated rings. The summed E-state index contributed by atoms with van der Waals surface area (Å²) in [6.45, 7) is -0.395. The molecule has 5 N–H and O–H groups in total. The summed E-state index contributed by atoms with van der Waals surface area (Å²) in [7, 11) is 1.54. The van der Waals surface area contributed by atoms with Crippen molar-refractivity contribution in [3.05, 3.63) is 59.7 Å². The Balaban J connectivity index is 2.08. The zero-order valence-corrected chi connectivity index (χ0v) is 12.8. The summed E-state index contributed by atoms with van der Waals surface area (Å²) in [4.78, 5) is 12.2. The Hall–Kier alpha value is -2.57. The van der Waals surface area contributed by atoms with Gasteiger partial charge in [0, 0.05) is 11.3 Å². The van der Waals surface area contributed by atoms with Crippen LogP contribution in [0.2, 0.25) is 0 Å². The van der Waals surface area contributed by atoms with Gasteiger partial charge >= 0.3 is 0 Å². The van der Waals surface area contributed by atoms with Gasteiger partial charge in [0.15, 0.2) is 0 Å². The number of nitrogens with one attached hydrogen (secondary N) is 1. The minimum atomic E-state index is -1.04. The lowest BCUT2D eigenvalue weighted by Gasteiger charge is -2.22. The Morgan fingerprint density at radius 2 is 1.78 bits per heavy atom. The molecule has 122 valence electrons. The van der Waals surface area contributed by atoms with Crippen LogP contribution in [0.5, 0.6) is 5.75 Å². The highest BCUT2D eigenvalue weighted by atomic mass is 16.5. The lowest BCUT2D eigenvalue weighted by atomic mass is 10.0. The van der Waals surface area contributed by atoms with E-state index in [-0.39, 0.29) is 5.91 Å². The molecule has 0 bridgehead atoms. The highest BCUT2D eigenvalue weighted by Crippen LogP contribution is 2.19. The van der Waals surface area contributed by atoms with Crippen LogP contribution in [0.4, 0.5) is 5.69 Å². The van der Waals surface area contributed by atoms with E-state index in [2.05, 4.69) is 5.32 Å². The van der Waals surface area contributed by atoms with Gasteiger partial charge in [-0.3, -0.25) is 4.79 Å². The fourth-order valence-corrected chi connectivity index (χ4v) is 2.14. The van der Waals surface area contributed by atoms with Crippen LogP contribution >= 0.6 is 0 Å². The number of carbonyl (C=O) groups is 1. The first kappa shape index (κ1) is 16.8. The van der Waals surface area contributed by atoms with Crippen LogP contribution in [0.3, 0.4) is 0 Å². The maximum Gasteiger partial charge on any atom is 0.251 e. The predicted octanol–water partition coefficient (Wildman–Crippen LogP) is 1.10. The van der Waals surface area contributed by atoms with Gasteiger partial charge in [-0.15, -0.1) is 0 Å². The lowest BCUT2D eigenvalue weighted by Crippen LogP contribution is -2.41. The first-order valence-electron chi connectivity index (χ1n) is 7.14. The first-order valence-corrected chi connectivity index (χ1v) is 7.14. The number of amides is 1. The van der Waals surface area contributed by atoms with Gasteiger partial charge in [-0.1, -0.05) is 12.1 Å². The zero-order chi connectivity index (χ0) is 16.8. The number of nitrogens with two attached hydrogens (primary N) is 1. The third kappa shape index (κ3) is 4.21. The van der Waals surface area contributed by atoms with Gasteiger partial charge in [-0.2, -0.15) is 0 Å². The second-order valence-corrected chi connectivity index (χ2v) is 5.10. The number of rotatable bonds is 6. The molecule has 0 saturated heterocycles. The number of anilines is 1. The summed E-state index contributed by atoms with van der Waals surface area (Å²) in [5.74, 6) is 0.253. The molecular weight excluding hydrogens is 296 g/mol. The number of benzene rings is 2. The molecule has 0 spiro atoms. The normalized spacial score (nSPS) is 13.2. The maximum atomic E-state index is 12.2. The summed E-state index contributed by atoms with van der Waals surface area (Å²) in [6.07, 6.45) is -1.04. The van der Waals surface area contributed by atoms with Crippen LogP contribution in [0.25, 0.3) is 0 Å². The van der Waals surface area contributed by atoms with Gasteiger partial charge in [0.2, 0.25) is 0 Å². The first-order chi connectivity index (χ1) is 11.0. The van der Waals surface area contributed by atoms with Gasteiger partial charge in [0.1, 0.15) is 11.9 Å². The van der Waals surface area contributed by atoms with Gasteiger partial charge in [-0.05, 0) is 42.0 Å². The fraction of sp³-hybridized carbons (Fsp3) is 0.235. The third-order valence-corrected chi connectivity index (χ3v) is 3.52. The maximum absolute atomic E-state index is 12.2. The topological polar surface area (TPSA) is 105 Å². The number of ether oxygens (including phenoxy) is 1. The molecule has 0 aromatic heterocycles. The van der Waals surface area contributed by atoms with Crippen molar-refractivity contribution in [1.82, 2.24) is 5.32 Å². The SMILES string of the molecule is COc1ccc(C(=O)NC(CO)C(O)c2ccc(N)cc2)cc1. The molecule has 2 unspecified atom stereocenters. The quantitative estimate of drug-likeness (QED) is 0.597. The third-order valence-electron chi connectivity index (χ3n) is 3.52. The number of aliphatic hydroxyl groups is 2. The molecule has 6 heteroatoms. The Labute approximate surface area is 134 Å². The second-order valence-electron chi connectivity index (χ2n) is 5.10. The largest absolute Gasteiger partial charge is 0.497 e. The minimum Gasteiger partial charge on any atom is -0.497 e. The van der Waals surface area contributed by atoms with Crippen LogP contribution in [0.15, 0.2) is 48.5 Å². The Kier molecular flexibility index (Phi) is 5.56. The molecule has 0 aliphatic rings. The summed E-state index contributed by atoms with van der Waals surface area (Å²) < 4.78 is 5.03. The molecule has 2 rings (SSSR count). The zero-order valence-electron chi connectivity index (χ0n) is 12.8. The Morgan fingerprint density at radius 3 is 2.30 bits per heavy atom. The molecule has 2 aromatic rings. The standard InChI is InChI=1S/C17H20N2O4/c1-23-14-8-4-12(5-9-14)17(22)19-15(10-20)16(21)11-2-6-13(18)7-3-11/h2-9,15-16,20-21H,10,18H2,1H3,(H,19,22). The molecule has 2 aromatic carbocycles. The number of aliphatic hydroxyl groups excluding tert-OH is 2. The smallest absolute Gasteiger partial charge is 0.251 e. The molecule has 6 nitrogen and oxygen atoms in total. The van der Waals surface area contributed by atoms with E-state index in [9.17, 15) is 15.0 Å². The van der Waals surface area contributed by atoms with E-state index < -0.39 is 18.8 Å². The van der Waals surface area contributed by atoms with Crippen molar-refractivity contribution in [2.75, 3.05) is 19.5 Å². The molecule has 0 aliphatic heterocycles. The van der Waals surface area contributed by atoms with E-state index in [4.69, 9.17) is 10.5 Å². The molecule has 0 aliphatic carbocycles. The monoisotopic (exact) mass is 316 g/mol. The fourth-order valence-electron chi connectivity index (χ4n) is 2.14. The number of hydrogen-bond donors (Lipinski definition) is 4.